The molecule has 5 nitrogen and oxygen atoms in total. The van der Waals surface area contributed by atoms with Gasteiger partial charge in [0.15, 0.2) is 5.13 Å². The van der Waals surface area contributed by atoms with Gasteiger partial charge >= 0.3 is 0 Å². The number of aryl methyl sites for hydroxylation is 2. The molecule has 2 heterocycles. The van der Waals surface area contributed by atoms with Crippen LogP contribution >= 0.6 is 11.3 Å². The summed E-state index contributed by atoms with van der Waals surface area (Å²) in [6, 6.07) is 7.61. The third-order valence-corrected chi connectivity index (χ3v) is 4.12. The van der Waals surface area contributed by atoms with E-state index in [0.717, 1.165) is 21.6 Å². The van der Waals surface area contributed by atoms with Crippen LogP contribution in [-0.4, -0.2) is 20.9 Å². The van der Waals surface area contributed by atoms with Crippen molar-refractivity contribution in [3.8, 4) is 0 Å². The Bertz CT molecular complexity index is 850. The summed E-state index contributed by atoms with van der Waals surface area (Å²) >= 11 is 1.46. The highest BCUT2D eigenvalue weighted by Crippen LogP contribution is 2.21. The smallest absolute Gasteiger partial charge is 0.250 e. The zero-order valence-corrected chi connectivity index (χ0v) is 13.0. The summed E-state index contributed by atoms with van der Waals surface area (Å²) in [5, 5.41) is 3.35. The lowest BCUT2D eigenvalue weighted by molar-refractivity contribution is -0.111. The number of hydrogen-bond acceptors (Lipinski definition) is 5. The van der Waals surface area contributed by atoms with Crippen LogP contribution in [0.5, 0.6) is 0 Å². The Labute approximate surface area is 131 Å². The van der Waals surface area contributed by atoms with E-state index < -0.39 is 0 Å². The lowest BCUT2D eigenvalue weighted by atomic mass is 10.3. The standard InChI is InChI=1S/C16H14N4OS/c1-10-11(2)22-16(18-10)20-15(21)8-7-12-9-17-13-5-3-4-6-14(13)19-12/h3-9H,1-2H3,(H,18,20,21). The van der Waals surface area contributed by atoms with Gasteiger partial charge in [-0.2, -0.15) is 0 Å². The maximum Gasteiger partial charge on any atom is 0.250 e. The molecule has 0 unspecified atom stereocenters. The highest BCUT2D eigenvalue weighted by molar-refractivity contribution is 7.15. The zero-order chi connectivity index (χ0) is 15.5. The Hall–Kier alpha value is -2.60. The normalized spacial score (nSPS) is 11.2. The van der Waals surface area contributed by atoms with Gasteiger partial charge in [-0.25, -0.2) is 9.97 Å². The quantitative estimate of drug-likeness (QED) is 0.753. The Morgan fingerprint density at radius 3 is 2.68 bits per heavy atom. The third-order valence-electron chi connectivity index (χ3n) is 3.13. The van der Waals surface area contributed by atoms with E-state index in [1.165, 1.54) is 17.4 Å². The zero-order valence-electron chi connectivity index (χ0n) is 12.2. The van der Waals surface area contributed by atoms with Crippen LogP contribution in [0.2, 0.25) is 0 Å². The maximum atomic E-state index is 11.9. The average molecular weight is 310 g/mol. The van der Waals surface area contributed by atoms with Gasteiger partial charge in [0.05, 0.1) is 28.6 Å². The van der Waals surface area contributed by atoms with Crippen molar-refractivity contribution in [3.05, 3.63) is 52.8 Å². The van der Waals surface area contributed by atoms with E-state index in [9.17, 15) is 4.79 Å². The summed E-state index contributed by atoms with van der Waals surface area (Å²) in [4.78, 5) is 26.0. The Morgan fingerprint density at radius 2 is 1.95 bits per heavy atom. The first-order valence-electron chi connectivity index (χ1n) is 6.77. The highest BCUT2D eigenvalue weighted by Gasteiger charge is 2.05. The lowest BCUT2D eigenvalue weighted by Crippen LogP contribution is -2.07. The number of carbonyl (C=O) groups is 1. The molecule has 0 aliphatic rings. The van der Waals surface area contributed by atoms with Gasteiger partial charge in [0.2, 0.25) is 5.91 Å². The monoisotopic (exact) mass is 310 g/mol. The molecule has 0 atom stereocenters. The molecule has 0 saturated carbocycles. The van der Waals surface area contributed by atoms with Gasteiger partial charge in [-0.15, -0.1) is 11.3 Å². The van der Waals surface area contributed by atoms with Gasteiger partial charge in [-0.3, -0.25) is 15.1 Å². The molecular weight excluding hydrogens is 296 g/mol. The lowest BCUT2D eigenvalue weighted by Gasteiger charge is -1.98. The molecule has 0 fully saturated rings. The molecule has 1 aromatic carbocycles. The highest BCUT2D eigenvalue weighted by atomic mass is 32.1. The molecular formula is C16H14N4OS. The van der Waals surface area contributed by atoms with Crippen molar-refractivity contribution in [2.75, 3.05) is 5.32 Å². The van der Waals surface area contributed by atoms with Crippen LogP contribution in [0.25, 0.3) is 17.1 Å². The van der Waals surface area contributed by atoms with Crippen molar-refractivity contribution in [3.63, 3.8) is 0 Å². The van der Waals surface area contributed by atoms with E-state index in [2.05, 4.69) is 20.3 Å². The second-order valence-electron chi connectivity index (χ2n) is 4.77. The van der Waals surface area contributed by atoms with Crippen LogP contribution < -0.4 is 5.32 Å². The van der Waals surface area contributed by atoms with E-state index in [-0.39, 0.29) is 5.91 Å². The number of fused-ring (bicyclic) bond motifs is 1. The van der Waals surface area contributed by atoms with Crippen molar-refractivity contribution < 1.29 is 4.79 Å². The Kier molecular flexibility index (Phi) is 3.93. The molecule has 0 bridgehead atoms. The van der Waals surface area contributed by atoms with Crippen LogP contribution in [0.3, 0.4) is 0 Å². The summed E-state index contributed by atoms with van der Waals surface area (Å²) in [7, 11) is 0. The van der Waals surface area contributed by atoms with Gasteiger partial charge in [-0.1, -0.05) is 12.1 Å². The molecule has 1 N–H and O–H groups in total. The van der Waals surface area contributed by atoms with Crippen LogP contribution in [0.4, 0.5) is 5.13 Å². The van der Waals surface area contributed by atoms with Crippen LogP contribution in [-0.2, 0) is 4.79 Å². The van der Waals surface area contributed by atoms with E-state index in [1.807, 2.05) is 38.1 Å². The molecule has 2 aromatic heterocycles. The molecule has 0 saturated heterocycles. The van der Waals surface area contributed by atoms with Crippen LogP contribution in [0.1, 0.15) is 16.3 Å². The average Bonchev–Trinajstić information content (AvgIpc) is 2.83. The number of benzene rings is 1. The molecule has 0 radical (unpaired) electrons. The number of amides is 1. The second-order valence-corrected chi connectivity index (χ2v) is 5.97. The molecule has 1 amide bonds. The minimum Gasteiger partial charge on any atom is -0.298 e. The van der Waals surface area contributed by atoms with Crippen molar-refractivity contribution in [2.24, 2.45) is 0 Å². The molecule has 22 heavy (non-hydrogen) atoms. The largest absolute Gasteiger partial charge is 0.298 e. The number of rotatable bonds is 3. The molecule has 110 valence electrons. The SMILES string of the molecule is Cc1nc(NC(=O)C=Cc2cnc3ccccc3n2)sc1C. The summed E-state index contributed by atoms with van der Waals surface area (Å²) in [5.74, 6) is -0.233. The van der Waals surface area contributed by atoms with Crippen LogP contribution in [0, 0.1) is 13.8 Å². The first kappa shape index (κ1) is 14.3. The Balaban J connectivity index is 1.73. The van der Waals surface area contributed by atoms with Gasteiger partial charge in [0.1, 0.15) is 0 Å². The number of thiazole rings is 1. The minimum absolute atomic E-state index is 0.233. The third kappa shape index (κ3) is 3.17. The summed E-state index contributed by atoms with van der Waals surface area (Å²) < 4.78 is 0. The predicted molar refractivity (Wildman–Crippen MR) is 88.8 cm³/mol. The molecule has 0 aliphatic carbocycles. The number of anilines is 1. The van der Waals surface area contributed by atoms with Gasteiger partial charge in [0.25, 0.3) is 0 Å². The fourth-order valence-electron chi connectivity index (χ4n) is 1.89. The van der Waals surface area contributed by atoms with E-state index in [1.54, 1.807) is 12.3 Å². The number of para-hydroxylation sites is 2. The summed E-state index contributed by atoms with van der Waals surface area (Å²) in [6.45, 7) is 3.89. The van der Waals surface area contributed by atoms with Crippen molar-refractivity contribution in [1.82, 2.24) is 15.0 Å². The first-order valence-corrected chi connectivity index (χ1v) is 7.58. The van der Waals surface area contributed by atoms with Crippen molar-refractivity contribution >= 4 is 39.5 Å². The maximum absolute atomic E-state index is 11.9. The van der Waals surface area contributed by atoms with E-state index in [4.69, 9.17) is 0 Å². The van der Waals surface area contributed by atoms with E-state index in [0.29, 0.717) is 10.8 Å². The minimum atomic E-state index is -0.233. The number of nitrogens with one attached hydrogen (secondary N) is 1. The van der Waals surface area contributed by atoms with Gasteiger partial charge in [0, 0.05) is 11.0 Å². The molecule has 6 heteroatoms. The number of carbonyl (C=O) groups excluding carboxylic acids is 1. The van der Waals surface area contributed by atoms with Crippen molar-refractivity contribution in [1.29, 1.82) is 0 Å². The summed E-state index contributed by atoms with van der Waals surface area (Å²) in [5.41, 5.74) is 3.21. The summed E-state index contributed by atoms with van der Waals surface area (Å²) in [6.07, 6.45) is 4.72. The molecule has 3 aromatic rings. The molecule has 0 aliphatic heterocycles. The second kappa shape index (κ2) is 6.03. The fraction of sp³-hybridized carbons (Fsp3) is 0.125. The Morgan fingerprint density at radius 1 is 1.18 bits per heavy atom. The van der Waals surface area contributed by atoms with Gasteiger partial charge < -0.3 is 0 Å². The first-order chi connectivity index (χ1) is 10.6. The van der Waals surface area contributed by atoms with E-state index >= 15 is 0 Å². The van der Waals surface area contributed by atoms with Crippen LogP contribution in [0.15, 0.2) is 36.5 Å². The fourth-order valence-corrected chi connectivity index (χ4v) is 2.70. The molecule has 0 spiro atoms. The molecule has 3 rings (SSSR count). The predicted octanol–water partition coefficient (Wildman–Crippen LogP) is 3.36. The van der Waals surface area contributed by atoms with Gasteiger partial charge in [-0.05, 0) is 32.1 Å². The topological polar surface area (TPSA) is 67.8 Å². The van der Waals surface area contributed by atoms with Crippen molar-refractivity contribution in [2.45, 2.75) is 13.8 Å². The number of hydrogen-bond donors (Lipinski definition) is 1. The number of nitrogens with zero attached hydrogens (tertiary/aromatic N) is 3. The number of aromatic nitrogens is 3.